The van der Waals surface area contributed by atoms with E-state index in [1.54, 1.807) is 0 Å². The molecule has 1 aromatic carbocycles. The van der Waals surface area contributed by atoms with E-state index in [2.05, 4.69) is 10.1 Å². The van der Waals surface area contributed by atoms with E-state index in [4.69, 9.17) is 16.3 Å². The fourth-order valence-corrected chi connectivity index (χ4v) is 1.33. The summed E-state index contributed by atoms with van der Waals surface area (Å²) in [5, 5.41) is 2.37. The van der Waals surface area contributed by atoms with Crippen molar-refractivity contribution in [3.8, 4) is 5.75 Å². The highest BCUT2D eigenvalue weighted by Gasteiger charge is 2.13. The molecule has 0 radical (unpaired) electrons. The number of rotatable bonds is 3. The van der Waals surface area contributed by atoms with Crippen molar-refractivity contribution in [2.24, 2.45) is 0 Å². The summed E-state index contributed by atoms with van der Waals surface area (Å²) in [7, 11) is 1.19. The predicted octanol–water partition coefficient (Wildman–Crippen LogP) is 3.44. The van der Waals surface area contributed by atoms with E-state index in [1.165, 1.54) is 13.2 Å². The molecule has 1 N–H and O–H groups in total. The highest BCUT2D eigenvalue weighted by Crippen LogP contribution is 2.31. The van der Waals surface area contributed by atoms with Gasteiger partial charge in [-0.25, -0.2) is 9.18 Å². The summed E-state index contributed by atoms with van der Waals surface area (Å²) in [6.45, 7) is 3.63. The maximum atomic E-state index is 13.5. The Balaban J connectivity index is 3.01. The van der Waals surface area contributed by atoms with Gasteiger partial charge in [0, 0.05) is 6.07 Å². The smallest absolute Gasteiger partial charge is 0.411 e. The third kappa shape index (κ3) is 3.78. The Bertz CT molecular complexity index is 423. The average molecular weight is 262 g/mol. The van der Waals surface area contributed by atoms with Gasteiger partial charge in [-0.05, 0) is 19.9 Å². The molecular weight excluding hydrogens is 249 g/mol. The third-order valence-electron chi connectivity index (χ3n) is 1.81. The number of nitrogens with one attached hydrogen (secondary N) is 1. The van der Waals surface area contributed by atoms with Crippen LogP contribution < -0.4 is 10.1 Å². The molecule has 1 rings (SSSR count). The van der Waals surface area contributed by atoms with Crippen LogP contribution in [0.3, 0.4) is 0 Å². The molecule has 0 spiro atoms. The number of carbonyl (C=O) groups is 1. The number of halogens is 2. The second-order valence-electron chi connectivity index (χ2n) is 3.55. The minimum Gasteiger partial charge on any atom is -0.489 e. The summed E-state index contributed by atoms with van der Waals surface area (Å²) >= 11 is 5.81. The van der Waals surface area contributed by atoms with Gasteiger partial charge in [0.15, 0.2) is 0 Å². The minimum absolute atomic E-state index is 0.0445. The van der Waals surface area contributed by atoms with Gasteiger partial charge in [0.2, 0.25) is 0 Å². The molecule has 0 fully saturated rings. The van der Waals surface area contributed by atoms with Crippen LogP contribution in [0.2, 0.25) is 5.02 Å². The molecule has 6 heteroatoms. The molecule has 0 saturated heterocycles. The lowest BCUT2D eigenvalue weighted by molar-refractivity contribution is 0.186. The Labute approximate surface area is 104 Å². The van der Waals surface area contributed by atoms with Gasteiger partial charge in [-0.15, -0.1) is 0 Å². The number of hydrogen-bond donors (Lipinski definition) is 1. The Kier molecular flexibility index (Phi) is 4.57. The zero-order chi connectivity index (χ0) is 13.0. The quantitative estimate of drug-likeness (QED) is 0.907. The van der Waals surface area contributed by atoms with Gasteiger partial charge in [0.25, 0.3) is 0 Å². The summed E-state index contributed by atoms with van der Waals surface area (Å²) in [6, 6.07) is 2.39. The van der Waals surface area contributed by atoms with Crippen LogP contribution in [0.15, 0.2) is 12.1 Å². The first-order valence-electron chi connectivity index (χ1n) is 4.94. The normalized spacial score (nSPS) is 10.2. The molecule has 17 heavy (non-hydrogen) atoms. The SMILES string of the molecule is COC(=O)Nc1cc(OC(C)C)c(Cl)cc1F. The third-order valence-corrected chi connectivity index (χ3v) is 2.10. The average Bonchev–Trinajstić information content (AvgIpc) is 2.24. The molecule has 4 nitrogen and oxygen atoms in total. The van der Waals surface area contributed by atoms with Gasteiger partial charge < -0.3 is 9.47 Å². The van der Waals surface area contributed by atoms with E-state index in [-0.39, 0.29) is 16.8 Å². The van der Waals surface area contributed by atoms with Crippen molar-refractivity contribution >= 4 is 23.4 Å². The van der Waals surface area contributed by atoms with Crippen LogP contribution in [0.4, 0.5) is 14.9 Å². The summed E-state index contributed by atoms with van der Waals surface area (Å²) in [4.78, 5) is 11.0. The van der Waals surface area contributed by atoms with E-state index < -0.39 is 11.9 Å². The number of anilines is 1. The Hall–Kier alpha value is -1.49. The number of hydrogen-bond acceptors (Lipinski definition) is 3. The number of ether oxygens (including phenoxy) is 2. The molecule has 0 heterocycles. The number of methoxy groups -OCH3 is 1. The van der Waals surface area contributed by atoms with Crippen molar-refractivity contribution in [2.75, 3.05) is 12.4 Å². The van der Waals surface area contributed by atoms with E-state index in [9.17, 15) is 9.18 Å². The standard InChI is InChI=1S/C11H13ClFNO3/c1-6(2)17-10-5-9(14-11(15)16-3)8(13)4-7(10)12/h4-6H,1-3H3,(H,14,15). The zero-order valence-electron chi connectivity index (χ0n) is 9.71. The minimum atomic E-state index is -0.762. The molecule has 0 saturated carbocycles. The lowest BCUT2D eigenvalue weighted by Gasteiger charge is -2.13. The fourth-order valence-electron chi connectivity index (χ4n) is 1.13. The van der Waals surface area contributed by atoms with Crippen molar-refractivity contribution in [3.63, 3.8) is 0 Å². The van der Waals surface area contributed by atoms with Gasteiger partial charge in [0.05, 0.1) is 23.9 Å². The highest BCUT2D eigenvalue weighted by atomic mass is 35.5. The van der Waals surface area contributed by atoms with Crippen LogP contribution in [-0.2, 0) is 4.74 Å². The number of benzene rings is 1. The zero-order valence-corrected chi connectivity index (χ0v) is 10.5. The maximum Gasteiger partial charge on any atom is 0.411 e. The molecular formula is C11H13ClFNO3. The van der Waals surface area contributed by atoms with Gasteiger partial charge in [0.1, 0.15) is 11.6 Å². The Morgan fingerprint density at radius 2 is 2.12 bits per heavy atom. The predicted molar refractivity (Wildman–Crippen MR) is 63.2 cm³/mol. The molecule has 0 aliphatic heterocycles. The summed E-state index contributed by atoms with van der Waals surface area (Å²) in [5.74, 6) is -0.356. The molecule has 0 aromatic heterocycles. The monoisotopic (exact) mass is 261 g/mol. The van der Waals surface area contributed by atoms with Crippen molar-refractivity contribution in [1.29, 1.82) is 0 Å². The van der Waals surface area contributed by atoms with E-state index in [0.29, 0.717) is 5.75 Å². The Morgan fingerprint density at radius 3 is 2.65 bits per heavy atom. The second-order valence-corrected chi connectivity index (χ2v) is 3.95. The molecule has 1 aromatic rings. The first-order valence-corrected chi connectivity index (χ1v) is 5.32. The summed E-state index contributed by atoms with van der Waals surface area (Å²) in [5.41, 5.74) is -0.0445. The molecule has 0 unspecified atom stereocenters. The van der Waals surface area contributed by atoms with Crippen LogP contribution in [-0.4, -0.2) is 19.3 Å². The van der Waals surface area contributed by atoms with E-state index in [0.717, 1.165) is 6.07 Å². The molecule has 94 valence electrons. The lowest BCUT2D eigenvalue weighted by atomic mass is 10.3. The van der Waals surface area contributed by atoms with Crippen LogP contribution in [0.1, 0.15) is 13.8 Å². The van der Waals surface area contributed by atoms with Crippen LogP contribution in [0.5, 0.6) is 5.75 Å². The maximum absolute atomic E-state index is 13.5. The number of amides is 1. The van der Waals surface area contributed by atoms with Crippen molar-refractivity contribution < 1.29 is 18.7 Å². The summed E-state index contributed by atoms with van der Waals surface area (Å²) < 4.78 is 23.2. The van der Waals surface area contributed by atoms with Crippen LogP contribution >= 0.6 is 11.6 Å². The van der Waals surface area contributed by atoms with Crippen molar-refractivity contribution in [3.05, 3.63) is 23.0 Å². The summed E-state index contributed by atoms with van der Waals surface area (Å²) in [6.07, 6.45) is -0.870. The van der Waals surface area contributed by atoms with Crippen molar-refractivity contribution in [2.45, 2.75) is 20.0 Å². The van der Waals surface area contributed by atoms with Crippen LogP contribution in [0.25, 0.3) is 0 Å². The lowest BCUT2D eigenvalue weighted by Crippen LogP contribution is -2.13. The fraction of sp³-hybridized carbons (Fsp3) is 0.364. The number of carbonyl (C=O) groups excluding carboxylic acids is 1. The first kappa shape index (κ1) is 13.6. The van der Waals surface area contributed by atoms with E-state index >= 15 is 0 Å². The first-order chi connectivity index (χ1) is 7.93. The van der Waals surface area contributed by atoms with Gasteiger partial charge in [-0.1, -0.05) is 11.6 Å². The molecule has 0 atom stereocenters. The molecule has 1 amide bonds. The largest absolute Gasteiger partial charge is 0.489 e. The van der Waals surface area contributed by atoms with E-state index in [1.807, 2.05) is 13.8 Å². The second kappa shape index (κ2) is 5.72. The molecule has 0 aliphatic rings. The highest BCUT2D eigenvalue weighted by molar-refractivity contribution is 6.32. The topological polar surface area (TPSA) is 47.6 Å². The van der Waals surface area contributed by atoms with Gasteiger partial charge in [-0.2, -0.15) is 0 Å². The Morgan fingerprint density at radius 1 is 1.47 bits per heavy atom. The van der Waals surface area contributed by atoms with Gasteiger partial charge in [-0.3, -0.25) is 5.32 Å². The van der Waals surface area contributed by atoms with Crippen molar-refractivity contribution in [1.82, 2.24) is 0 Å². The van der Waals surface area contributed by atoms with Crippen LogP contribution in [0, 0.1) is 5.82 Å². The molecule has 0 bridgehead atoms. The molecule has 0 aliphatic carbocycles. The van der Waals surface area contributed by atoms with Gasteiger partial charge >= 0.3 is 6.09 Å².